The molecule has 1 aromatic carbocycles. The summed E-state index contributed by atoms with van der Waals surface area (Å²) in [7, 11) is 0. The minimum absolute atomic E-state index is 1.04. The number of aromatic nitrogens is 1. The lowest BCUT2D eigenvalue weighted by atomic mass is 10.1. The second-order valence-corrected chi connectivity index (χ2v) is 5.83. The van der Waals surface area contributed by atoms with E-state index in [4.69, 9.17) is 4.98 Å². The van der Waals surface area contributed by atoms with Gasteiger partial charge in [-0.15, -0.1) is 0 Å². The zero-order valence-corrected chi connectivity index (χ0v) is 12.7. The minimum atomic E-state index is 1.04. The molecule has 19 heavy (non-hydrogen) atoms. The van der Waals surface area contributed by atoms with Crippen molar-refractivity contribution >= 4 is 27.4 Å². The molecule has 0 radical (unpaired) electrons. The van der Waals surface area contributed by atoms with Gasteiger partial charge in [0.25, 0.3) is 0 Å². The predicted molar refractivity (Wildman–Crippen MR) is 83.1 cm³/mol. The van der Waals surface area contributed by atoms with Gasteiger partial charge in [0.15, 0.2) is 0 Å². The molecule has 0 spiro atoms. The monoisotopic (exact) mass is 316 g/mol. The maximum atomic E-state index is 4.72. The van der Waals surface area contributed by atoms with Crippen LogP contribution in [-0.4, -0.2) is 11.5 Å². The van der Waals surface area contributed by atoms with E-state index in [0.717, 1.165) is 22.5 Å². The van der Waals surface area contributed by atoms with Crippen molar-refractivity contribution in [2.45, 2.75) is 26.2 Å². The highest BCUT2D eigenvalue weighted by atomic mass is 79.9. The summed E-state index contributed by atoms with van der Waals surface area (Å²) in [5.74, 6) is 1.05. The van der Waals surface area contributed by atoms with Gasteiger partial charge in [0, 0.05) is 16.7 Å². The van der Waals surface area contributed by atoms with E-state index in [1.54, 1.807) is 0 Å². The molecule has 3 rings (SSSR count). The molecule has 0 aliphatic carbocycles. The molecular weight excluding hydrogens is 300 g/mol. The fourth-order valence-electron chi connectivity index (χ4n) is 2.61. The quantitative estimate of drug-likeness (QED) is 0.762. The molecule has 2 aromatic rings. The van der Waals surface area contributed by atoms with Gasteiger partial charge in [0.2, 0.25) is 0 Å². The first-order chi connectivity index (χ1) is 9.25. The summed E-state index contributed by atoms with van der Waals surface area (Å²) in [4.78, 5) is 7.06. The third-order valence-electron chi connectivity index (χ3n) is 3.64. The molecular formula is C16H17BrN2. The Bertz CT molecular complexity index is 595. The van der Waals surface area contributed by atoms with Gasteiger partial charge in [0.05, 0.1) is 5.69 Å². The summed E-state index contributed by atoms with van der Waals surface area (Å²) >= 11 is 3.52. The molecule has 98 valence electrons. The fraction of sp³-hybridized carbons (Fsp3) is 0.312. The highest BCUT2D eigenvalue weighted by Crippen LogP contribution is 2.32. The Morgan fingerprint density at radius 2 is 1.95 bits per heavy atom. The van der Waals surface area contributed by atoms with Crippen LogP contribution in [0.5, 0.6) is 0 Å². The fourth-order valence-corrected chi connectivity index (χ4v) is 2.83. The van der Waals surface area contributed by atoms with Crippen LogP contribution in [0.2, 0.25) is 0 Å². The Balaban J connectivity index is 2.06. The van der Waals surface area contributed by atoms with Gasteiger partial charge in [-0.25, -0.2) is 4.98 Å². The van der Waals surface area contributed by atoms with Crippen molar-refractivity contribution in [3.8, 4) is 0 Å². The van der Waals surface area contributed by atoms with E-state index in [9.17, 15) is 0 Å². The van der Waals surface area contributed by atoms with E-state index >= 15 is 0 Å². The molecule has 0 N–H and O–H groups in total. The molecule has 1 aliphatic rings. The number of halogens is 1. The van der Waals surface area contributed by atoms with Crippen molar-refractivity contribution in [1.29, 1.82) is 0 Å². The number of rotatable bonds is 1. The lowest BCUT2D eigenvalue weighted by Crippen LogP contribution is -2.19. The Labute approximate surface area is 122 Å². The number of fused-ring (bicyclic) bond motifs is 1. The number of anilines is 2. The van der Waals surface area contributed by atoms with Crippen LogP contribution < -0.4 is 4.90 Å². The summed E-state index contributed by atoms with van der Waals surface area (Å²) in [6, 6.07) is 12.9. The average Bonchev–Trinajstić information content (AvgIpc) is 2.64. The first-order valence-corrected chi connectivity index (χ1v) is 7.53. The van der Waals surface area contributed by atoms with E-state index in [2.05, 4.69) is 57.2 Å². The molecule has 1 aliphatic heterocycles. The number of para-hydroxylation sites is 1. The van der Waals surface area contributed by atoms with Crippen molar-refractivity contribution in [3.63, 3.8) is 0 Å². The van der Waals surface area contributed by atoms with E-state index in [1.165, 1.54) is 30.5 Å². The van der Waals surface area contributed by atoms with Crippen LogP contribution in [0, 0.1) is 6.92 Å². The van der Waals surface area contributed by atoms with Crippen molar-refractivity contribution in [1.82, 2.24) is 4.98 Å². The van der Waals surface area contributed by atoms with Gasteiger partial charge in [-0.05, 0) is 65.9 Å². The van der Waals surface area contributed by atoms with Crippen molar-refractivity contribution < 1.29 is 0 Å². The second-order valence-electron chi connectivity index (χ2n) is 4.97. The number of nitrogens with zero attached hydrogens (tertiary/aromatic N) is 2. The molecule has 1 aromatic heterocycles. The zero-order chi connectivity index (χ0) is 13.2. The number of benzene rings is 1. The predicted octanol–water partition coefficient (Wildman–Crippen LogP) is 4.63. The van der Waals surface area contributed by atoms with Crippen molar-refractivity contribution in [2.24, 2.45) is 0 Å². The molecule has 0 atom stereocenters. The van der Waals surface area contributed by atoms with Crippen LogP contribution in [0.4, 0.5) is 11.5 Å². The van der Waals surface area contributed by atoms with Crippen LogP contribution in [0.3, 0.4) is 0 Å². The molecule has 0 amide bonds. The number of hydrogen-bond donors (Lipinski definition) is 0. The largest absolute Gasteiger partial charge is 0.326 e. The lowest BCUT2D eigenvalue weighted by molar-refractivity contribution is 0.757. The Hall–Kier alpha value is -1.35. The molecule has 0 unspecified atom stereocenters. The topological polar surface area (TPSA) is 16.1 Å². The van der Waals surface area contributed by atoms with Crippen LogP contribution in [0.25, 0.3) is 0 Å². The Morgan fingerprint density at radius 1 is 1.11 bits per heavy atom. The van der Waals surface area contributed by atoms with Crippen LogP contribution in [-0.2, 0) is 6.42 Å². The number of hydrogen-bond acceptors (Lipinski definition) is 2. The normalized spacial score (nSPS) is 14.9. The smallest absolute Gasteiger partial charge is 0.133 e. The Kier molecular flexibility index (Phi) is 3.56. The van der Waals surface area contributed by atoms with Gasteiger partial charge in [0.1, 0.15) is 5.82 Å². The van der Waals surface area contributed by atoms with E-state index in [0.29, 0.717) is 0 Å². The summed E-state index contributed by atoms with van der Waals surface area (Å²) < 4.78 is 1.07. The van der Waals surface area contributed by atoms with E-state index in [-0.39, 0.29) is 0 Å². The van der Waals surface area contributed by atoms with E-state index in [1.807, 2.05) is 6.92 Å². The van der Waals surface area contributed by atoms with Crippen LogP contribution in [0.1, 0.15) is 24.1 Å². The molecule has 0 bridgehead atoms. The van der Waals surface area contributed by atoms with Gasteiger partial charge < -0.3 is 4.90 Å². The minimum Gasteiger partial charge on any atom is -0.326 e. The molecule has 0 saturated carbocycles. The van der Waals surface area contributed by atoms with Gasteiger partial charge in [-0.1, -0.05) is 18.2 Å². The summed E-state index contributed by atoms with van der Waals surface area (Å²) in [6.45, 7) is 3.09. The summed E-state index contributed by atoms with van der Waals surface area (Å²) in [5.41, 5.74) is 3.79. The maximum Gasteiger partial charge on any atom is 0.133 e. The SMILES string of the molecule is Cc1nc(N2CCCCc3ccccc32)ccc1Br. The van der Waals surface area contributed by atoms with Crippen LogP contribution >= 0.6 is 15.9 Å². The number of pyridine rings is 1. The summed E-state index contributed by atoms with van der Waals surface area (Å²) in [5, 5.41) is 0. The highest BCUT2D eigenvalue weighted by Gasteiger charge is 2.17. The van der Waals surface area contributed by atoms with Gasteiger partial charge in [-0.2, -0.15) is 0 Å². The van der Waals surface area contributed by atoms with Gasteiger partial charge >= 0.3 is 0 Å². The molecule has 2 nitrogen and oxygen atoms in total. The molecule has 2 heterocycles. The first kappa shape index (κ1) is 12.7. The van der Waals surface area contributed by atoms with Crippen molar-refractivity contribution in [3.05, 3.63) is 52.1 Å². The van der Waals surface area contributed by atoms with Crippen molar-refractivity contribution in [2.75, 3.05) is 11.4 Å². The first-order valence-electron chi connectivity index (χ1n) is 6.74. The third kappa shape index (κ3) is 2.52. The van der Waals surface area contributed by atoms with E-state index < -0.39 is 0 Å². The lowest BCUT2D eigenvalue weighted by Gasteiger charge is -2.24. The third-order valence-corrected chi connectivity index (χ3v) is 4.48. The van der Waals surface area contributed by atoms with Gasteiger partial charge in [-0.3, -0.25) is 0 Å². The Morgan fingerprint density at radius 3 is 2.79 bits per heavy atom. The zero-order valence-electron chi connectivity index (χ0n) is 11.1. The van der Waals surface area contributed by atoms with Crippen LogP contribution in [0.15, 0.2) is 40.9 Å². The molecule has 0 fully saturated rings. The maximum absolute atomic E-state index is 4.72. The highest BCUT2D eigenvalue weighted by molar-refractivity contribution is 9.10. The number of aryl methyl sites for hydroxylation is 2. The summed E-state index contributed by atoms with van der Waals surface area (Å²) in [6.07, 6.45) is 3.64. The standard InChI is InChI=1S/C16H17BrN2/c1-12-14(17)9-10-16(18-12)19-11-5-4-7-13-6-2-3-8-15(13)19/h2-3,6,8-10H,4-5,7,11H2,1H3. The average molecular weight is 317 g/mol. The molecule has 0 saturated heterocycles. The molecule has 3 heteroatoms. The second kappa shape index (κ2) is 5.33.